The summed E-state index contributed by atoms with van der Waals surface area (Å²) >= 11 is 21.7. The van der Waals surface area contributed by atoms with E-state index in [0.717, 1.165) is 105 Å². The normalized spacial score (nSPS) is 8.66. The summed E-state index contributed by atoms with van der Waals surface area (Å²) < 4.78 is 16.0. The van der Waals surface area contributed by atoms with Crippen LogP contribution in [0, 0.1) is 128 Å². The Morgan fingerprint density at radius 3 is 1.17 bits per heavy atom. The van der Waals surface area contributed by atoms with Gasteiger partial charge in [-0.2, -0.15) is 65.6 Å². The molecule has 8 heterocycles. The van der Waals surface area contributed by atoms with Gasteiger partial charge in [0.2, 0.25) is 29.1 Å². The van der Waals surface area contributed by atoms with Gasteiger partial charge in [0.05, 0.1) is 19.1 Å². The standard InChI is InChI=1S/C12H16N5.C11H16N5O.C11H14N5.C8H10N2O2.C7H10N4O.C6H12NO.C4H8O.C2H6O.C2H6.CH3Br.CH2Cl2.2CH3Cl.6CH4.4CH3.H4N2.Na.4W.H/c1-7(2)12-15-11(16-17(12)5)10-13-6-8(3)9(4)14-10;1-6(2)9(12)15-16-11(17)10-13-5-7(3)8(4)14-10;1-6(2)9-14-11(16-15-9)10-12-5-7(3)8(4)13-10;1-5-4-9-7(8(11)12-3)10-6(5)2;1-4-3-9-6(7(12)11-8)10-5(4)2;1-4-8-6(7)5(2)3;1-2-4-5-3-1;1-2-3;2*1-2;2-1-3;2*1-2;;;;;;;;;;;1-2;;;;;;/h6H,1-5H3;5H,1-4H3,(H2,12,15)(H,16,17);5H,1-4H3,(H,14,15,16);4H,1-3H3;3H,8H2,1-2H3,(H,11,12);7H,4H2,1-3H3;1-4H2;3H,2H2,1H3;1-2H3;1H3;1H2;2*1H3;6*1H4;4*1H3;1-2H2;;;;;;/q3*-1;;;-1;;;;;;;;;;;;;;4*-1;;+1;4*+2;-1. The van der Waals surface area contributed by atoms with Crippen molar-refractivity contribution in [1.29, 1.82) is 5.41 Å². The number of esters is 1. The van der Waals surface area contributed by atoms with Gasteiger partial charge in [-0.1, -0.05) is 74.3 Å². The van der Waals surface area contributed by atoms with E-state index < -0.39 is 17.8 Å². The number of nitrogens with one attached hydrogen (secondary N) is 4. The number of nitrogens with two attached hydrogens (primary N) is 4. The van der Waals surface area contributed by atoms with Gasteiger partial charge in [0.15, 0.2) is 11.6 Å². The number of methoxy groups -OCH3 is 1. The first-order chi connectivity index (χ1) is 48.8. The Hall–Kier alpha value is -4.30. The molecule has 0 aromatic carbocycles. The summed E-state index contributed by atoms with van der Waals surface area (Å²) in [6.45, 7) is 44.6. The number of hydrogen-bond acceptors (Lipinski definition) is 26. The van der Waals surface area contributed by atoms with Gasteiger partial charge < -0.3 is 79.3 Å². The molecule has 2 amide bonds. The summed E-state index contributed by atoms with van der Waals surface area (Å²) in [5, 5.41) is 29.9. The number of amidine groups is 1. The quantitative estimate of drug-likeness (QED) is 0.00668. The number of alkyl halides is 5. The SMILES string of the molecule is C.C.C.C.C.C.C1CCOC1.CBr.CC.CCO.CCOC(=N)[C-](C)C.CCl.CCl.COC(=O)c1ncc(C)c(C)n1.Cc1cnc(-c2n[nH]c([C-](C)C)n2)nc1C.Cc1cnc(-c2nc([C-](C)C)n(C)n2)nc1C.Cc1cnc(C(=O)NN)nc1C.Cc1cnc(C(=O)NN=C(N)[C-](C)C)nc1C.ClCCl.NN.[CH3-].[CH3-].[CH3-].[CH3-].[H-].[Na+].[W+2].[W+2].[W+2].[W+2]. The zero-order chi connectivity index (χ0) is 81.1. The van der Waals surface area contributed by atoms with E-state index in [1.54, 1.807) is 56.4 Å². The van der Waals surface area contributed by atoms with Crippen molar-refractivity contribution in [2.24, 2.45) is 35.4 Å². The Balaban J connectivity index is -0.0000000445. The first-order valence-corrected chi connectivity index (χ1v) is 35.7. The second-order valence-electron chi connectivity index (χ2n) is 20.6. The molecule has 1 saturated heterocycles. The molecule has 0 atom stereocenters. The smallest absolute Gasteiger partial charge is 1.00 e. The number of rotatable bonds is 11. The number of aromatic amines is 1. The molecule has 7 aromatic heterocycles. The largest absolute Gasteiger partial charge is 2.00 e. The molecule has 7 aromatic rings. The van der Waals surface area contributed by atoms with Crippen molar-refractivity contribution in [1.82, 2.24) is 90.6 Å². The Labute approximate surface area is 824 Å². The van der Waals surface area contributed by atoms with Crippen molar-refractivity contribution in [3.63, 3.8) is 0 Å². The fourth-order valence-electron chi connectivity index (χ4n) is 5.90. The van der Waals surface area contributed by atoms with E-state index in [-0.39, 0.29) is 225 Å². The van der Waals surface area contributed by atoms with Crippen LogP contribution in [0.15, 0.2) is 36.1 Å². The van der Waals surface area contributed by atoms with E-state index in [1.165, 1.54) is 32.7 Å². The molecule has 41 heteroatoms. The molecule has 0 radical (unpaired) electrons. The second-order valence-corrected chi connectivity index (χ2v) is 21.4. The predicted octanol–water partition coefficient (Wildman–Crippen LogP) is 14.1. The molecule has 13 N–H and O–H groups in total. The van der Waals surface area contributed by atoms with E-state index in [0.29, 0.717) is 35.8 Å². The van der Waals surface area contributed by atoms with Crippen molar-refractivity contribution >= 4 is 91.9 Å². The maximum Gasteiger partial charge on any atom is 2.00 e. The molecule has 0 spiro atoms. The molecule has 1 aliphatic heterocycles. The third kappa shape index (κ3) is 75.4. The van der Waals surface area contributed by atoms with E-state index in [1.807, 2.05) is 150 Å². The molecular weight excluding hydrogens is 2350 g/mol. The Kier molecular flexibility index (Phi) is 150. The van der Waals surface area contributed by atoms with Crippen LogP contribution in [0.4, 0.5) is 0 Å². The van der Waals surface area contributed by atoms with Crippen LogP contribution in [0.3, 0.4) is 0 Å². The Morgan fingerprint density at radius 2 is 0.915 bits per heavy atom. The average Bonchev–Trinajstić information content (AvgIpc) is 1.69. The molecule has 0 saturated carbocycles. The minimum Gasteiger partial charge on any atom is -1.00 e. The monoisotopic (exact) mass is 2500 g/mol. The van der Waals surface area contributed by atoms with Gasteiger partial charge in [0.1, 0.15) is 0 Å². The molecular formula is C77H150BrCl4N24NaO7W4. The maximum absolute atomic E-state index is 11.6. The van der Waals surface area contributed by atoms with E-state index in [9.17, 15) is 14.4 Å². The predicted molar refractivity (Wildman–Crippen MR) is 486 cm³/mol. The van der Waals surface area contributed by atoms with Crippen LogP contribution >= 0.6 is 62.3 Å². The number of ether oxygens (including phenoxy) is 3. The maximum atomic E-state index is 11.6. The van der Waals surface area contributed by atoms with Crippen LogP contribution in [-0.4, -0.2) is 172 Å². The molecule has 1 aliphatic rings. The van der Waals surface area contributed by atoms with Crippen LogP contribution in [0.1, 0.15) is 242 Å². The first kappa shape index (κ1) is 168. The number of hydrazine groups is 2. The number of carbonyl (C=O) groups excluding carboxylic acids is 3. The second kappa shape index (κ2) is 105. The van der Waals surface area contributed by atoms with Crippen LogP contribution in [0.5, 0.6) is 0 Å². The molecule has 8 rings (SSSR count). The van der Waals surface area contributed by atoms with E-state index in [2.05, 4.69) is 141 Å². The minimum absolute atomic E-state index is 0. The van der Waals surface area contributed by atoms with Crippen LogP contribution < -0.4 is 63.7 Å². The number of hydrogen-bond donors (Lipinski definition) is 9. The first-order valence-electron chi connectivity index (χ1n) is 31.6. The van der Waals surface area contributed by atoms with Crippen molar-refractivity contribution in [2.75, 3.05) is 57.5 Å². The van der Waals surface area contributed by atoms with Crippen molar-refractivity contribution < 1.29 is 149 Å². The van der Waals surface area contributed by atoms with Crippen molar-refractivity contribution in [3.05, 3.63) is 170 Å². The molecule has 31 nitrogen and oxygen atoms in total. The zero-order valence-electron chi connectivity index (χ0n) is 72.7. The van der Waals surface area contributed by atoms with Gasteiger partial charge in [-0.15, -0.1) is 51.5 Å². The number of amides is 2. The number of carbonyl (C=O) groups is 3. The number of nitrogen functional groups attached to an aromatic ring is 1. The number of hydrazone groups is 1. The molecule has 0 unspecified atom stereocenters. The molecule has 0 bridgehead atoms. The van der Waals surface area contributed by atoms with Crippen molar-refractivity contribution in [3.8, 4) is 23.3 Å². The van der Waals surface area contributed by atoms with E-state index >= 15 is 0 Å². The van der Waals surface area contributed by atoms with Gasteiger partial charge in [-0.05, 0) is 147 Å². The summed E-state index contributed by atoms with van der Waals surface area (Å²) in [6, 6.07) is 0. The number of H-pyrrole nitrogens is 1. The van der Waals surface area contributed by atoms with Crippen molar-refractivity contribution in [2.45, 2.75) is 210 Å². The Morgan fingerprint density at radius 1 is 0.593 bits per heavy atom. The third-order valence-electron chi connectivity index (χ3n) is 12.0. The van der Waals surface area contributed by atoms with Gasteiger partial charge in [0, 0.05) is 105 Å². The number of aryl methyl sites for hydroxylation is 11. The summed E-state index contributed by atoms with van der Waals surface area (Å²) in [4.78, 5) is 83.0. The number of aliphatic hydroxyl groups excluding tert-OH is 1. The molecule has 0 aliphatic carbocycles. The summed E-state index contributed by atoms with van der Waals surface area (Å²) in [5.74, 6) is 22.0. The fraction of sp³-hybridized carbons (Fsp3) is 0.519. The number of nitrogens with zero attached hydrogens (tertiary/aromatic N) is 16. The molecule has 118 heavy (non-hydrogen) atoms. The Bertz CT molecular complexity index is 3410. The topological polar surface area (TPSA) is 465 Å². The third-order valence-corrected chi connectivity index (χ3v) is 12.0. The van der Waals surface area contributed by atoms with Crippen LogP contribution in [0.2, 0.25) is 0 Å². The average molecular weight is 2500 g/mol. The summed E-state index contributed by atoms with van der Waals surface area (Å²) in [5.41, 5.74) is 19.1. The van der Waals surface area contributed by atoms with Gasteiger partial charge in [-0.25, -0.2) is 75.9 Å². The van der Waals surface area contributed by atoms with Gasteiger partial charge >= 0.3 is 132 Å². The molecule has 1 fully saturated rings. The number of aromatic nitrogens is 16. The fourth-order valence-corrected chi connectivity index (χ4v) is 5.90. The number of halogens is 5. The van der Waals surface area contributed by atoms with Crippen LogP contribution in [-0.2, 0) is 106 Å². The summed E-state index contributed by atoms with van der Waals surface area (Å²) in [6.07, 6.45) is 13.9. The van der Waals surface area contributed by atoms with Crippen LogP contribution in [0.25, 0.3) is 23.3 Å². The minimum atomic E-state index is -0.502. The summed E-state index contributed by atoms with van der Waals surface area (Å²) in [7, 11) is 3.18. The number of aliphatic hydroxyl groups is 1. The van der Waals surface area contributed by atoms with Gasteiger partial charge in [0.25, 0.3) is 0 Å². The zero-order valence-corrected chi connectivity index (χ0v) is 90.1. The molecule has 680 valence electrons. The van der Waals surface area contributed by atoms with E-state index in [4.69, 9.17) is 54.8 Å². The van der Waals surface area contributed by atoms with Gasteiger partial charge in [-0.3, -0.25) is 42.4 Å².